The van der Waals surface area contributed by atoms with Gasteiger partial charge >= 0.3 is 0 Å². The van der Waals surface area contributed by atoms with E-state index in [1.165, 1.54) is 19.1 Å². The Hall–Kier alpha value is -2.68. The highest BCUT2D eigenvalue weighted by Crippen LogP contribution is 2.35. The number of fused-ring (bicyclic) bond motifs is 1. The van der Waals surface area contributed by atoms with Gasteiger partial charge in [-0.3, -0.25) is 14.5 Å². The van der Waals surface area contributed by atoms with Gasteiger partial charge < -0.3 is 19.5 Å². The van der Waals surface area contributed by atoms with Crippen molar-refractivity contribution in [1.29, 1.82) is 0 Å². The van der Waals surface area contributed by atoms with E-state index in [2.05, 4.69) is 21.2 Å². The number of nitrogens with zero attached hydrogens (tertiary/aromatic N) is 1. The first-order valence-corrected chi connectivity index (χ1v) is 9.69. The smallest absolute Gasteiger partial charge is 0.294 e. The topological polar surface area (TPSA) is 77.1 Å². The molecule has 8 heteroatoms. The summed E-state index contributed by atoms with van der Waals surface area (Å²) in [6.07, 6.45) is 1.10. The van der Waals surface area contributed by atoms with Gasteiger partial charge in [0.2, 0.25) is 5.91 Å². The molecule has 0 spiro atoms. The number of benzene rings is 2. The summed E-state index contributed by atoms with van der Waals surface area (Å²) in [4.78, 5) is 26.9. The van der Waals surface area contributed by atoms with Crippen molar-refractivity contribution < 1.29 is 23.8 Å². The van der Waals surface area contributed by atoms with Crippen molar-refractivity contribution in [3.05, 3.63) is 64.3 Å². The summed E-state index contributed by atoms with van der Waals surface area (Å²) in [7, 11) is 2.97. The number of para-hydroxylation sites is 2. The van der Waals surface area contributed by atoms with E-state index in [0.717, 1.165) is 10.0 Å². The lowest BCUT2D eigenvalue weighted by atomic mass is 10.1. The summed E-state index contributed by atoms with van der Waals surface area (Å²) in [6.45, 7) is 0.0158. The van der Waals surface area contributed by atoms with E-state index in [1.807, 2.05) is 30.3 Å². The molecule has 7 nitrogen and oxygen atoms in total. The molecule has 1 heterocycles. The predicted molar refractivity (Wildman–Crippen MR) is 112 cm³/mol. The fourth-order valence-corrected chi connectivity index (χ4v) is 3.24. The molecular weight excluding hydrogens is 440 g/mol. The van der Waals surface area contributed by atoms with Gasteiger partial charge in [0, 0.05) is 18.7 Å². The van der Waals surface area contributed by atoms with E-state index < -0.39 is 12.2 Å². The zero-order valence-corrected chi connectivity index (χ0v) is 17.6. The lowest BCUT2D eigenvalue weighted by Crippen LogP contribution is -2.45. The van der Waals surface area contributed by atoms with E-state index in [9.17, 15) is 9.59 Å². The molecule has 0 unspecified atom stereocenters. The van der Waals surface area contributed by atoms with Crippen LogP contribution in [-0.2, 0) is 19.1 Å². The molecule has 2 amide bonds. The summed E-state index contributed by atoms with van der Waals surface area (Å²) >= 11 is 3.41. The van der Waals surface area contributed by atoms with Crippen molar-refractivity contribution in [2.24, 2.45) is 0 Å². The zero-order chi connectivity index (χ0) is 20.8. The van der Waals surface area contributed by atoms with Gasteiger partial charge in [0.25, 0.3) is 5.91 Å². The van der Waals surface area contributed by atoms with Crippen LogP contribution in [0.4, 0.5) is 5.69 Å². The molecule has 0 atom stereocenters. The Morgan fingerprint density at radius 3 is 2.69 bits per heavy atom. The van der Waals surface area contributed by atoms with Gasteiger partial charge in [0.15, 0.2) is 17.8 Å². The molecule has 0 bridgehead atoms. The summed E-state index contributed by atoms with van der Waals surface area (Å²) < 4.78 is 16.8. The SMILES string of the molecule is COC(CNC(=O)CN1C(=O)/C(=C\c2cccc(Br)c2)Oc2ccccc21)OC. The van der Waals surface area contributed by atoms with Crippen LogP contribution in [0.2, 0.25) is 0 Å². The summed E-state index contributed by atoms with van der Waals surface area (Å²) in [5.74, 6) is -0.0844. The standard InChI is InChI=1S/C21H21BrN2O5/c1-27-20(28-2)12-23-19(25)13-24-16-8-3-4-9-17(16)29-18(21(24)26)11-14-6-5-7-15(22)10-14/h3-11,20H,12-13H2,1-2H3,(H,23,25)/b18-11+. The molecule has 3 rings (SSSR count). The van der Waals surface area contributed by atoms with Crippen LogP contribution in [0.1, 0.15) is 5.56 Å². The number of ether oxygens (including phenoxy) is 3. The number of rotatable bonds is 7. The largest absolute Gasteiger partial charge is 0.449 e. The number of methoxy groups -OCH3 is 2. The Bertz CT molecular complexity index is 927. The maximum absolute atomic E-state index is 13.1. The monoisotopic (exact) mass is 460 g/mol. The van der Waals surface area contributed by atoms with Gasteiger partial charge in [-0.05, 0) is 35.9 Å². The van der Waals surface area contributed by atoms with Gasteiger partial charge in [-0.15, -0.1) is 0 Å². The van der Waals surface area contributed by atoms with Crippen LogP contribution in [0.15, 0.2) is 58.8 Å². The van der Waals surface area contributed by atoms with Crippen LogP contribution < -0.4 is 15.0 Å². The molecular formula is C21H21BrN2O5. The fourth-order valence-electron chi connectivity index (χ4n) is 2.83. The van der Waals surface area contributed by atoms with Gasteiger partial charge in [-0.1, -0.05) is 40.2 Å². The molecule has 152 valence electrons. The second-order valence-corrected chi connectivity index (χ2v) is 7.15. The third kappa shape index (κ3) is 5.23. The molecule has 29 heavy (non-hydrogen) atoms. The highest BCUT2D eigenvalue weighted by molar-refractivity contribution is 9.10. The van der Waals surface area contributed by atoms with E-state index >= 15 is 0 Å². The first kappa shape index (κ1) is 21.0. The third-order valence-corrected chi connectivity index (χ3v) is 4.76. The number of nitrogens with one attached hydrogen (secondary N) is 1. The van der Waals surface area contributed by atoms with Gasteiger partial charge in [0.05, 0.1) is 12.2 Å². The zero-order valence-electron chi connectivity index (χ0n) is 16.1. The van der Waals surface area contributed by atoms with Crippen LogP contribution in [0.5, 0.6) is 5.75 Å². The minimum atomic E-state index is -0.557. The van der Waals surface area contributed by atoms with Crippen LogP contribution in [-0.4, -0.2) is 45.4 Å². The minimum absolute atomic E-state index is 0.140. The van der Waals surface area contributed by atoms with Crippen LogP contribution in [0.3, 0.4) is 0 Å². The maximum Gasteiger partial charge on any atom is 0.294 e. The molecule has 1 aliphatic rings. The first-order chi connectivity index (χ1) is 14.0. The molecule has 0 fully saturated rings. The molecule has 2 aromatic rings. The number of carbonyl (C=O) groups is 2. The maximum atomic E-state index is 13.1. The number of hydrogen-bond acceptors (Lipinski definition) is 5. The van der Waals surface area contributed by atoms with E-state index in [0.29, 0.717) is 11.4 Å². The Labute approximate surface area is 177 Å². The highest BCUT2D eigenvalue weighted by atomic mass is 79.9. The Morgan fingerprint density at radius 1 is 1.21 bits per heavy atom. The van der Waals surface area contributed by atoms with Gasteiger partial charge in [-0.25, -0.2) is 0 Å². The van der Waals surface area contributed by atoms with Crippen molar-refractivity contribution >= 4 is 39.5 Å². The second kappa shape index (κ2) is 9.69. The minimum Gasteiger partial charge on any atom is -0.449 e. The number of carbonyl (C=O) groups excluding carboxylic acids is 2. The molecule has 2 aromatic carbocycles. The summed E-state index contributed by atoms with van der Waals surface area (Å²) in [5, 5.41) is 2.71. The molecule has 1 N–H and O–H groups in total. The average molecular weight is 461 g/mol. The van der Waals surface area contributed by atoms with Crippen LogP contribution in [0, 0.1) is 0 Å². The molecule has 0 aliphatic carbocycles. The van der Waals surface area contributed by atoms with Crippen molar-refractivity contribution in [3.63, 3.8) is 0 Å². The molecule has 1 aliphatic heterocycles. The lowest BCUT2D eigenvalue weighted by Gasteiger charge is -2.30. The van der Waals surface area contributed by atoms with Crippen molar-refractivity contribution in [2.75, 3.05) is 32.2 Å². The quantitative estimate of drug-likeness (QED) is 0.507. The predicted octanol–water partition coefficient (Wildman–Crippen LogP) is 2.95. The van der Waals surface area contributed by atoms with Crippen molar-refractivity contribution in [2.45, 2.75) is 6.29 Å². The number of halogens is 1. The molecule has 0 saturated heterocycles. The van der Waals surface area contributed by atoms with Crippen molar-refractivity contribution in [1.82, 2.24) is 5.32 Å². The van der Waals surface area contributed by atoms with E-state index in [4.69, 9.17) is 14.2 Å². The normalized spacial score (nSPS) is 14.7. The Morgan fingerprint density at radius 2 is 1.97 bits per heavy atom. The third-order valence-electron chi connectivity index (χ3n) is 4.27. The van der Waals surface area contributed by atoms with Gasteiger partial charge in [-0.2, -0.15) is 0 Å². The van der Waals surface area contributed by atoms with Crippen LogP contribution in [0.25, 0.3) is 6.08 Å². The first-order valence-electron chi connectivity index (χ1n) is 8.90. The van der Waals surface area contributed by atoms with E-state index in [1.54, 1.807) is 24.3 Å². The number of amides is 2. The summed E-state index contributed by atoms with van der Waals surface area (Å²) in [6, 6.07) is 14.6. The summed E-state index contributed by atoms with van der Waals surface area (Å²) in [5.41, 5.74) is 1.34. The Balaban J connectivity index is 1.83. The highest BCUT2D eigenvalue weighted by Gasteiger charge is 2.31. The number of hydrogen-bond donors (Lipinski definition) is 1. The van der Waals surface area contributed by atoms with Crippen molar-refractivity contribution in [3.8, 4) is 5.75 Å². The molecule has 0 aromatic heterocycles. The molecule has 0 radical (unpaired) electrons. The second-order valence-electron chi connectivity index (χ2n) is 6.23. The lowest BCUT2D eigenvalue weighted by molar-refractivity contribution is -0.127. The fraction of sp³-hybridized carbons (Fsp3) is 0.238. The van der Waals surface area contributed by atoms with E-state index in [-0.39, 0.29) is 24.8 Å². The van der Waals surface area contributed by atoms with Crippen LogP contribution >= 0.6 is 15.9 Å². The Kier molecular flexibility index (Phi) is 7.03. The van der Waals surface area contributed by atoms with Gasteiger partial charge in [0.1, 0.15) is 6.54 Å². The molecule has 0 saturated carbocycles. The number of anilines is 1. The average Bonchev–Trinajstić information content (AvgIpc) is 2.72.